The molecule has 0 aliphatic rings. The first-order chi connectivity index (χ1) is 15.3. The lowest BCUT2D eigenvalue weighted by atomic mass is 9.78. The number of aryl methyl sites for hydroxylation is 2. The topological polar surface area (TPSA) is 47.3 Å². The highest BCUT2D eigenvalue weighted by Gasteiger charge is 2.25. The first-order valence-electron chi connectivity index (χ1n) is 10.7. The molecule has 1 heterocycles. The molecule has 3 aromatic rings. The van der Waals surface area contributed by atoms with Gasteiger partial charge in [0, 0.05) is 24.4 Å². The summed E-state index contributed by atoms with van der Waals surface area (Å²) in [6.45, 7) is 5.33. The van der Waals surface area contributed by atoms with Gasteiger partial charge in [-0.1, -0.05) is 61.3 Å². The van der Waals surface area contributed by atoms with Crippen molar-refractivity contribution in [3.05, 3.63) is 81.9 Å². The number of nitrogens with zero attached hydrogens (tertiary/aromatic N) is 2. The van der Waals surface area contributed by atoms with E-state index in [2.05, 4.69) is 47.7 Å². The fourth-order valence-electron chi connectivity index (χ4n) is 3.58. The van der Waals surface area contributed by atoms with Crippen LogP contribution in [-0.2, 0) is 18.4 Å². The van der Waals surface area contributed by atoms with Gasteiger partial charge in [-0.15, -0.1) is 11.6 Å². The van der Waals surface area contributed by atoms with E-state index in [1.165, 1.54) is 11.1 Å². The molecule has 0 spiro atoms. The van der Waals surface area contributed by atoms with Gasteiger partial charge in [-0.2, -0.15) is 0 Å². The van der Waals surface area contributed by atoms with Crippen LogP contribution in [0.1, 0.15) is 43.4 Å². The second-order valence-electron chi connectivity index (χ2n) is 8.47. The van der Waals surface area contributed by atoms with Gasteiger partial charge in [0.05, 0.1) is 22.3 Å². The number of unbranched alkanes of at least 4 members (excludes halogenated alkanes) is 1. The predicted molar refractivity (Wildman–Crippen MR) is 132 cm³/mol. The first-order valence-corrected chi connectivity index (χ1v) is 12.0. The number of imidazole rings is 1. The van der Waals surface area contributed by atoms with Gasteiger partial charge < -0.3 is 14.4 Å². The van der Waals surface area contributed by atoms with E-state index in [1.807, 2.05) is 30.9 Å². The van der Waals surface area contributed by atoms with Crippen LogP contribution in [0.15, 0.2) is 55.1 Å². The number of halogens is 3. The van der Waals surface area contributed by atoms with Crippen LogP contribution in [-0.4, -0.2) is 33.2 Å². The van der Waals surface area contributed by atoms with Crippen LogP contribution in [0.2, 0.25) is 10.0 Å². The van der Waals surface area contributed by atoms with Crippen molar-refractivity contribution in [2.45, 2.75) is 51.2 Å². The third kappa shape index (κ3) is 6.41. The molecule has 7 heteroatoms. The molecule has 4 nitrogen and oxygen atoms in total. The van der Waals surface area contributed by atoms with E-state index < -0.39 is 6.10 Å². The number of benzene rings is 2. The third-order valence-electron chi connectivity index (χ3n) is 5.68. The van der Waals surface area contributed by atoms with Gasteiger partial charge in [0.1, 0.15) is 12.7 Å². The highest BCUT2D eigenvalue weighted by atomic mass is 35.5. The van der Waals surface area contributed by atoms with Gasteiger partial charge in [0.2, 0.25) is 0 Å². The van der Waals surface area contributed by atoms with Crippen LogP contribution < -0.4 is 4.74 Å². The van der Waals surface area contributed by atoms with E-state index in [4.69, 9.17) is 39.5 Å². The van der Waals surface area contributed by atoms with Crippen molar-refractivity contribution >= 4 is 34.8 Å². The Balaban J connectivity index is 1.64. The number of alkyl halides is 1. The van der Waals surface area contributed by atoms with Gasteiger partial charge in [-0.05, 0) is 48.1 Å². The second kappa shape index (κ2) is 11.4. The Morgan fingerprint density at radius 3 is 2.34 bits per heavy atom. The average Bonchev–Trinajstić information content (AvgIpc) is 3.29. The van der Waals surface area contributed by atoms with Crippen molar-refractivity contribution in [1.82, 2.24) is 9.55 Å². The molecule has 0 fully saturated rings. The average molecular weight is 496 g/mol. The third-order valence-corrected chi connectivity index (χ3v) is 6.60. The van der Waals surface area contributed by atoms with Crippen molar-refractivity contribution < 1.29 is 9.84 Å². The Morgan fingerprint density at radius 2 is 1.75 bits per heavy atom. The fourth-order valence-corrected chi connectivity index (χ4v) is 4.27. The van der Waals surface area contributed by atoms with Crippen LogP contribution in [0.25, 0.3) is 0 Å². The zero-order valence-electron chi connectivity index (χ0n) is 18.4. The maximum Gasteiger partial charge on any atom is 0.156 e. The molecule has 1 unspecified atom stereocenters. The summed E-state index contributed by atoms with van der Waals surface area (Å²) in [5.41, 5.74) is 3.21. The summed E-state index contributed by atoms with van der Waals surface area (Å²) in [4.78, 5) is 4.08. The number of aliphatic hydroxyl groups excluding tert-OH is 1. The minimum atomic E-state index is -0.774. The van der Waals surface area contributed by atoms with E-state index in [9.17, 15) is 5.11 Å². The van der Waals surface area contributed by atoms with Gasteiger partial charge in [-0.25, -0.2) is 4.98 Å². The minimum Gasteiger partial charge on any atom is -0.488 e. The van der Waals surface area contributed by atoms with Crippen LogP contribution in [0.4, 0.5) is 0 Å². The molecule has 0 aliphatic heterocycles. The normalized spacial score (nSPS) is 12.7. The summed E-state index contributed by atoms with van der Waals surface area (Å²) < 4.78 is 7.69. The predicted octanol–water partition coefficient (Wildman–Crippen LogP) is 6.52. The lowest BCUT2D eigenvalue weighted by Crippen LogP contribution is -2.20. The first kappa shape index (κ1) is 24.9. The number of ether oxygens (including phenoxy) is 1. The summed E-state index contributed by atoms with van der Waals surface area (Å²) in [7, 11) is 0. The fraction of sp³-hybridized carbons (Fsp3) is 0.400. The van der Waals surface area contributed by atoms with Crippen LogP contribution in [0.3, 0.4) is 0 Å². The molecule has 0 aliphatic carbocycles. The Bertz CT molecular complexity index is 966. The number of hydrogen-bond acceptors (Lipinski definition) is 3. The highest BCUT2D eigenvalue weighted by Crippen LogP contribution is 2.40. The van der Waals surface area contributed by atoms with Gasteiger partial charge in [-0.3, -0.25) is 0 Å². The van der Waals surface area contributed by atoms with Crippen molar-refractivity contribution in [2.75, 3.05) is 12.5 Å². The molecular formula is C25H29Cl3N2O2. The number of aromatic nitrogens is 2. The molecule has 3 rings (SSSR count). The molecule has 2 aromatic carbocycles. The van der Waals surface area contributed by atoms with E-state index >= 15 is 0 Å². The molecular weight excluding hydrogens is 467 g/mol. The van der Waals surface area contributed by atoms with E-state index in [-0.39, 0.29) is 17.9 Å². The van der Waals surface area contributed by atoms with E-state index in [0.717, 1.165) is 31.4 Å². The van der Waals surface area contributed by atoms with Crippen molar-refractivity contribution in [3.63, 3.8) is 0 Å². The lowest BCUT2D eigenvalue weighted by Gasteiger charge is -2.27. The maximum absolute atomic E-state index is 9.62. The molecule has 0 saturated heterocycles. The summed E-state index contributed by atoms with van der Waals surface area (Å²) in [5, 5.41) is 10.4. The Morgan fingerprint density at radius 1 is 1.06 bits per heavy atom. The smallest absolute Gasteiger partial charge is 0.156 e. The van der Waals surface area contributed by atoms with Crippen LogP contribution in [0.5, 0.6) is 5.75 Å². The summed E-state index contributed by atoms with van der Waals surface area (Å²) in [6.07, 6.45) is 8.20. The number of aliphatic hydroxyl groups is 1. The van der Waals surface area contributed by atoms with Gasteiger partial charge >= 0.3 is 0 Å². The molecule has 1 N–H and O–H groups in total. The summed E-state index contributed by atoms with van der Waals surface area (Å²) in [5.74, 6) is 0.448. The van der Waals surface area contributed by atoms with Crippen molar-refractivity contribution in [2.24, 2.45) is 0 Å². The monoisotopic (exact) mass is 494 g/mol. The quantitative estimate of drug-likeness (QED) is 0.243. The van der Waals surface area contributed by atoms with Crippen molar-refractivity contribution in [3.8, 4) is 5.75 Å². The van der Waals surface area contributed by atoms with Crippen LogP contribution >= 0.6 is 34.8 Å². The Labute approximate surface area is 205 Å². The van der Waals surface area contributed by atoms with E-state index in [0.29, 0.717) is 15.8 Å². The molecule has 0 radical (unpaired) electrons. The number of hydrogen-bond donors (Lipinski definition) is 1. The van der Waals surface area contributed by atoms with Gasteiger partial charge in [0.25, 0.3) is 0 Å². The SMILES string of the molecule is CC(C)(c1ccc(CCCCn2ccnc2)cc1)c1cc(Cl)c(OCC(O)CCl)c(Cl)c1. The summed E-state index contributed by atoms with van der Waals surface area (Å²) in [6, 6.07) is 12.5. The molecule has 172 valence electrons. The standard InChI is InChI=1S/C25H29Cl3N2O2/c1-25(2,20-13-22(27)24(23(28)14-20)32-16-21(31)15-26)19-8-6-18(7-9-19)5-3-4-11-30-12-10-29-17-30/h6-10,12-14,17,21,31H,3-5,11,15-16H2,1-2H3. The molecule has 0 bridgehead atoms. The molecule has 0 saturated carbocycles. The van der Waals surface area contributed by atoms with Gasteiger partial charge in [0.15, 0.2) is 5.75 Å². The Kier molecular flexibility index (Phi) is 8.89. The molecule has 0 amide bonds. The second-order valence-corrected chi connectivity index (χ2v) is 9.59. The Hall–Kier alpha value is -1.72. The molecule has 32 heavy (non-hydrogen) atoms. The van der Waals surface area contributed by atoms with E-state index in [1.54, 1.807) is 0 Å². The largest absolute Gasteiger partial charge is 0.488 e. The molecule has 1 aromatic heterocycles. The lowest BCUT2D eigenvalue weighted by molar-refractivity contribution is 0.125. The van der Waals surface area contributed by atoms with Crippen LogP contribution in [0, 0.1) is 0 Å². The minimum absolute atomic E-state index is 0.0372. The zero-order valence-corrected chi connectivity index (χ0v) is 20.7. The zero-order chi connectivity index (χ0) is 23.1. The summed E-state index contributed by atoms with van der Waals surface area (Å²) >= 11 is 18.5. The maximum atomic E-state index is 9.62. The highest BCUT2D eigenvalue weighted by molar-refractivity contribution is 6.37. The number of rotatable bonds is 11. The molecule has 1 atom stereocenters. The van der Waals surface area contributed by atoms with Crippen molar-refractivity contribution in [1.29, 1.82) is 0 Å².